The number of hydrogen-bond acceptors (Lipinski definition) is 4. The molecule has 5 nitrogen and oxygen atoms in total. The van der Waals surface area contributed by atoms with Crippen molar-refractivity contribution in [1.82, 2.24) is 14.3 Å². The number of sulfonamides is 1. The molecule has 1 saturated heterocycles. The molecule has 1 unspecified atom stereocenters. The lowest BCUT2D eigenvalue weighted by Crippen LogP contribution is -2.38. The molecule has 4 rings (SSSR count). The molecule has 3 heterocycles. The fourth-order valence-electron chi connectivity index (χ4n) is 3.23. The molecule has 1 aliphatic heterocycles. The summed E-state index contributed by atoms with van der Waals surface area (Å²) >= 11 is 7.50. The lowest BCUT2D eigenvalue weighted by Gasteiger charge is -2.33. The quantitative estimate of drug-likeness (QED) is 0.739. The first-order chi connectivity index (χ1) is 11.6. The molecule has 1 atom stereocenters. The number of aromatic nitrogens is 2. The van der Waals surface area contributed by atoms with E-state index in [0.717, 1.165) is 24.0 Å². The summed E-state index contributed by atoms with van der Waals surface area (Å²) in [5.41, 5.74) is 0. The van der Waals surface area contributed by atoms with Gasteiger partial charge in [-0.1, -0.05) is 18.0 Å². The van der Waals surface area contributed by atoms with Gasteiger partial charge in [-0.3, -0.25) is 0 Å². The number of thiophene rings is 1. The van der Waals surface area contributed by atoms with Gasteiger partial charge in [-0.2, -0.15) is 4.31 Å². The highest BCUT2D eigenvalue weighted by molar-refractivity contribution is 7.89. The molecular formula is C16H16ClN3O2S2. The van der Waals surface area contributed by atoms with Gasteiger partial charge in [0.05, 0.1) is 6.04 Å². The van der Waals surface area contributed by atoms with E-state index < -0.39 is 10.0 Å². The molecule has 3 aromatic rings. The molecule has 1 fully saturated rings. The van der Waals surface area contributed by atoms with Gasteiger partial charge in [0.1, 0.15) is 10.7 Å². The minimum Gasteiger partial charge on any atom is -0.347 e. The second kappa shape index (κ2) is 6.15. The van der Waals surface area contributed by atoms with E-state index in [-0.39, 0.29) is 6.04 Å². The van der Waals surface area contributed by atoms with Gasteiger partial charge in [-0.15, -0.1) is 11.3 Å². The van der Waals surface area contributed by atoms with Crippen molar-refractivity contribution >= 4 is 43.0 Å². The summed E-state index contributed by atoms with van der Waals surface area (Å²) in [6.07, 6.45) is 6.02. The van der Waals surface area contributed by atoms with Crippen LogP contribution in [0.15, 0.2) is 40.9 Å². The molecule has 0 spiro atoms. The third kappa shape index (κ3) is 2.65. The molecule has 0 radical (unpaired) electrons. The van der Waals surface area contributed by atoms with Crippen molar-refractivity contribution in [2.75, 3.05) is 6.54 Å². The Morgan fingerprint density at radius 2 is 2.21 bits per heavy atom. The van der Waals surface area contributed by atoms with Crippen molar-refractivity contribution in [2.24, 2.45) is 0 Å². The number of halogens is 1. The van der Waals surface area contributed by atoms with E-state index in [0.29, 0.717) is 27.7 Å². The number of imidazole rings is 1. The monoisotopic (exact) mass is 381 g/mol. The van der Waals surface area contributed by atoms with Gasteiger partial charge in [0.15, 0.2) is 0 Å². The lowest BCUT2D eigenvalue weighted by atomic mass is 10.0. The molecule has 24 heavy (non-hydrogen) atoms. The fraction of sp³-hybridized carbons (Fsp3) is 0.312. The lowest BCUT2D eigenvalue weighted by molar-refractivity contribution is 0.248. The molecule has 1 aromatic carbocycles. The number of aromatic amines is 1. The Morgan fingerprint density at radius 1 is 1.33 bits per heavy atom. The molecule has 1 aliphatic rings. The van der Waals surface area contributed by atoms with Crippen LogP contribution in [0.3, 0.4) is 0 Å². The first-order valence-corrected chi connectivity index (χ1v) is 10.4. The van der Waals surface area contributed by atoms with Gasteiger partial charge >= 0.3 is 0 Å². The molecule has 0 saturated carbocycles. The summed E-state index contributed by atoms with van der Waals surface area (Å²) in [4.78, 5) is 7.68. The zero-order valence-corrected chi connectivity index (χ0v) is 15.2. The Kier molecular flexibility index (Phi) is 4.12. The van der Waals surface area contributed by atoms with E-state index in [1.807, 2.05) is 6.07 Å². The second-order valence-electron chi connectivity index (χ2n) is 5.84. The summed E-state index contributed by atoms with van der Waals surface area (Å²) < 4.78 is 29.2. The highest BCUT2D eigenvalue weighted by Crippen LogP contribution is 2.38. The number of nitrogens with zero attached hydrogens (tertiary/aromatic N) is 2. The van der Waals surface area contributed by atoms with E-state index in [1.165, 1.54) is 11.3 Å². The van der Waals surface area contributed by atoms with E-state index in [2.05, 4.69) is 9.97 Å². The SMILES string of the molecule is O=S(=O)(c1csc2ccc(Cl)cc12)N1CCCCC1c1ncc[nH]1. The molecular weight excluding hydrogens is 366 g/mol. The Bertz CT molecular complexity index is 967. The predicted octanol–water partition coefficient (Wildman–Crippen LogP) is 4.19. The van der Waals surface area contributed by atoms with Gasteiger partial charge in [0.2, 0.25) is 10.0 Å². The van der Waals surface area contributed by atoms with Crippen LogP contribution >= 0.6 is 22.9 Å². The number of benzene rings is 1. The highest BCUT2D eigenvalue weighted by atomic mass is 35.5. The molecule has 0 amide bonds. The molecule has 8 heteroatoms. The molecule has 1 N–H and O–H groups in total. The normalized spacial score (nSPS) is 19.8. The van der Waals surface area contributed by atoms with Crippen LogP contribution in [-0.4, -0.2) is 29.2 Å². The third-order valence-corrected chi connectivity index (χ3v) is 7.67. The molecule has 0 aliphatic carbocycles. The summed E-state index contributed by atoms with van der Waals surface area (Å²) in [5, 5.41) is 2.94. The van der Waals surface area contributed by atoms with E-state index in [9.17, 15) is 8.42 Å². The van der Waals surface area contributed by atoms with Crippen molar-refractivity contribution < 1.29 is 8.42 Å². The number of H-pyrrole nitrogens is 1. The van der Waals surface area contributed by atoms with Gasteiger partial charge in [-0.25, -0.2) is 13.4 Å². The van der Waals surface area contributed by atoms with Crippen molar-refractivity contribution in [3.63, 3.8) is 0 Å². The Hall–Kier alpha value is -1.41. The number of nitrogens with one attached hydrogen (secondary N) is 1. The zero-order chi connectivity index (χ0) is 16.7. The number of piperidine rings is 1. The maximum Gasteiger partial charge on any atom is 0.245 e. The van der Waals surface area contributed by atoms with Crippen LogP contribution in [0.1, 0.15) is 31.1 Å². The maximum atomic E-state index is 13.3. The van der Waals surface area contributed by atoms with E-state index in [1.54, 1.807) is 34.2 Å². The van der Waals surface area contributed by atoms with Gasteiger partial charge in [0, 0.05) is 39.4 Å². The van der Waals surface area contributed by atoms with Gasteiger partial charge < -0.3 is 4.98 Å². The van der Waals surface area contributed by atoms with Crippen molar-refractivity contribution in [2.45, 2.75) is 30.2 Å². The zero-order valence-electron chi connectivity index (χ0n) is 12.8. The van der Waals surface area contributed by atoms with E-state index in [4.69, 9.17) is 11.6 Å². The minimum atomic E-state index is -3.61. The molecule has 126 valence electrons. The standard InChI is InChI=1S/C16H16ClN3O2S2/c17-11-4-5-14-12(9-11)15(10-23-14)24(21,22)20-8-2-1-3-13(20)16-18-6-7-19-16/h4-7,9-10,13H,1-3,8H2,(H,18,19). The molecule has 0 bridgehead atoms. The number of rotatable bonds is 3. The first kappa shape index (κ1) is 16.1. The maximum absolute atomic E-state index is 13.3. The average molecular weight is 382 g/mol. The van der Waals surface area contributed by atoms with Crippen molar-refractivity contribution in [3.05, 3.63) is 46.8 Å². The number of hydrogen-bond donors (Lipinski definition) is 1. The van der Waals surface area contributed by atoms with Crippen LogP contribution in [0.25, 0.3) is 10.1 Å². The van der Waals surface area contributed by atoms with Crippen molar-refractivity contribution in [1.29, 1.82) is 0 Å². The molecule has 2 aromatic heterocycles. The highest BCUT2D eigenvalue weighted by Gasteiger charge is 2.36. The largest absolute Gasteiger partial charge is 0.347 e. The Morgan fingerprint density at radius 3 is 3.00 bits per heavy atom. The fourth-order valence-corrected chi connectivity index (χ4v) is 6.51. The third-order valence-electron chi connectivity index (χ3n) is 4.38. The average Bonchev–Trinajstić information content (AvgIpc) is 3.24. The summed E-state index contributed by atoms with van der Waals surface area (Å²) in [5.74, 6) is 0.704. The van der Waals surface area contributed by atoms with Crippen LogP contribution in [0, 0.1) is 0 Å². The van der Waals surface area contributed by atoms with Crippen LogP contribution < -0.4 is 0 Å². The summed E-state index contributed by atoms with van der Waals surface area (Å²) in [7, 11) is -3.61. The van der Waals surface area contributed by atoms with Crippen LogP contribution in [0.4, 0.5) is 0 Å². The van der Waals surface area contributed by atoms with Crippen molar-refractivity contribution in [3.8, 4) is 0 Å². The smallest absolute Gasteiger partial charge is 0.245 e. The second-order valence-corrected chi connectivity index (χ2v) is 9.05. The topological polar surface area (TPSA) is 66.1 Å². The predicted molar refractivity (Wildman–Crippen MR) is 95.9 cm³/mol. The number of fused-ring (bicyclic) bond motifs is 1. The van der Waals surface area contributed by atoms with Crippen LogP contribution in [0.2, 0.25) is 5.02 Å². The Labute approximate surface area is 149 Å². The van der Waals surface area contributed by atoms with E-state index >= 15 is 0 Å². The minimum absolute atomic E-state index is 0.243. The first-order valence-electron chi connectivity index (χ1n) is 7.75. The summed E-state index contributed by atoms with van der Waals surface area (Å²) in [6.45, 7) is 0.506. The summed E-state index contributed by atoms with van der Waals surface area (Å²) in [6, 6.07) is 5.13. The van der Waals surface area contributed by atoms with Gasteiger partial charge in [-0.05, 0) is 31.0 Å². The van der Waals surface area contributed by atoms with Gasteiger partial charge in [0.25, 0.3) is 0 Å². The van der Waals surface area contributed by atoms with Crippen LogP contribution in [0.5, 0.6) is 0 Å². The Balaban J connectivity index is 1.81. The van der Waals surface area contributed by atoms with Crippen LogP contribution in [-0.2, 0) is 10.0 Å².